The number of hydrogen-bond donors (Lipinski definition) is 1. The smallest absolute Gasteiger partial charge is 0.288 e. The van der Waals surface area contributed by atoms with Gasteiger partial charge in [-0.2, -0.15) is 13.9 Å². The maximum Gasteiger partial charge on any atom is 0.288 e. The fourth-order valence-corrected chi connectivity index (χ4v) is 2.13. The zero-order valence-electron chi connectivity index (χ0n) is 10.5. The van der Waals surface area contributed by atoms with Gasteiger partial charge in [0.25, 0.3) is 5.76 Å². The van der Waals surface area contributed by atoms with E-state index >= 15 is 0 Å². The van der Waals surface area contributed by atoms with E-state index in [1.165, 1.54) is 0 Å². The van der Waals surface area contributed by atoms with Crippen LogP contribution in [0.15, 0.2) is 41.6 Å². The molecule has 0 atom stereocenters. The third kappa shape index (κ3) is 4.24. The van der Waals surface area contributed by atoms with Crippen LogP contribution in [0.1, 0.15) is 12.5 Å². The zero-order valence-corrected chi connectivity index (χ0v) is 11.3. The van der Waals surface area contributed by atoms with Gasteiger partial charge in [0.05, 0.1) is 6.20 Å². The second-order valence-corrected chi connectivity index (χ2v) is 5.02. The summed E-state index contributed by atoms with van der Waals surface area (Å²) in [6.07, 6.45) is 3.80. The van der Waals surface area contributed by atoms with Crippen molar-refractivity contribution >= 4 is 17.4 Å². The molecule has 0 unspecified atom stereocenters. The molecule has 3 nitrogen and oxygen atoms in total. The molecule has 6 heteroatoms. The van der Waals surface area contributed by atoms with Crippen molar-refractivity contribution in [1.82, 2.24) is 9.78 Å². The van der Waals surface area contributed by atoms with Gasteiger partial charge in [-0.3, -0.25) is 4.68 Å². The van der Waals surface area contributed by atoms with E-state index in [0.717, 1.165) is 17.8 Å². The third-order valence-corrected chi connectivity index (χ3v) is 3.31. The van der Waals surface area contributed by atoms with Crippen LogP contribution in [0.25, 0.3) is 0 Å². The van der Waals surface area contributed by atoms with Crippen LogP contribution in [0.4, 0.5) is 14.5 Å². The Labute approximate surface area is 115 Å². The van der Waals surface area contributed by atoms with E-state index < -0.39 is 5.76 Å². The summed E-state index contributed by atoms with van der Waals surface area (Å²) in [7, 11) is 0. The summed E-state index contributed by atoms with van der Waals surface area (Å²) < 4.78 is 26.2. The van der Waals surface area contributed by atoms with Gasteiger partial charge < -0.3 is 5.32 Å². The first-order valence-electron chi connectivity index (χ1n) is 5.97. The maximum absolute atomic E-state index is 12.2. The quantitative estimate of drug-likeness (QED) is 0.817. The molecule has 102 valence electrons. The minimum Gasteiger partial charge on any atom is -0.381 e. The van der Waals surface area contributed by atoms with E-state index in [1.807, 2.05) is 24.0 Å². The van der Waals surface area contributed by atoms with E-state index in [-0.39, 0.29) is 0 Å². The summed E-state index contributed by atoms with van der Waals surface area (Å²) in [5, 5.41) is 7.41. The molecule has 0 amide bonds. The average molecular weight is 283 g/mol. The highest BCUT2D eigenvalue weighted by atomic mass is 32.2. The minimum absolute atomic E-state index is 0.553. The van der Waals surface area contributed by atoms with Crippen molar-refractivity contribution in [3.63, 3.8) is 0 Å². The van der Waals surface area contributed by atoms with E-state index in [9.17, 15) is 8.78 Å². The Balaban J connectivity index is 1.89. The normalized spacial score (nSPS) is 10.9. The van der Waals surface area contributed by atoms with Gasteiger partial charge in [0.15, 0.2) is 0 Å². The number of nitrogens with one attached hydrogen (secondary N) is 1. The molecule has 0 aliphatic rings. The topological polar surface area (TPSA) is 29.9 Å². The summed E-state index contributed by atoms with van der Waals surface area (Å²) in [6, 6.07) is 6.98. The van der Waals surface area contributed by atoms with Gasteiger partial charge in [-0.25, -0.2) is 0 Å². The predicted octanol–water partition coefficient (Wildman–Crippen LogP) is 3.83. The molecule has 0 bridgehead atoms. The largest absolute Gasteiger partial charge is 0.381 e. The molecule has 2 aromatic rings. The number of halogens is 2. The van der Waals surface area contributed by atoms with Crippen molar-refractivity contribution in [3.05, 3.63) is 42.2 Å². The van der Waals surface area contributed by atoms with Crippen LogP contribution >= 0.6 is 11.8 Å². The molecule has 1 aromatic carbocycles. The first-order chi connectivity index (χ1) is 9.17. The van der Waals surface area contributed by atoms with Gasteiger partial charge in [0.2, 0.25) is 0 Å². The fraction of sp³-hybridized carbons (Fsp3) is 0.308. The lowest BCUT2D eigenvalue weighted by molar-refractivity contribution is 0.252. The Kier molecular flexibility index (Phi) is 4.79. The molecule has 1 heterocycles. The number of nitrogens with zero attached hydrogens (tertiary/aromatic N) is 2. The SMILES string of the molecule is CCn1cc(CNc2ccc(SC(F)F)cc2)cn1. The number of anilines is 1. The molecule has 0 saturated carbocycles. The summed E-state index contributed by atoms with van der Waals surface area (Å²) in [4.78, 5) is 0.569. The molecule has 0 spiro atoms. The molecular formula is C13H15F2N3S. The third-order valence-electron chi connectivity index (χ3n) is 2.59. The summed E-state index contributed by atoms with van der Waals surface area (Å²) in [5.41, 5.74) is 2.00. The Hall–Kier alpha value is -1.56. The molecule has 0 fully saturated rings. The summed E-state index contributed by atoms with van der Waals surface area (Å²) in [5.74, 6) is -2.38. The number of alkyl halides is 2. The molecule has 0 aliphatic carbocycles. The lowest BCUT2D eigenvalue weighted by atomic mass is 10.3. The Morgan fingerprint density at radius 2 is 2.05 bits per heavy atom. The first kappa shape index (κ1) is 13.9. The Morgan fingerprint density at radius 3 is 2.63 bits per heavy atom. The van der Waals surface area contributed by atoms with Crippen LogP contribution in [0.2, 0.25) is 0 Å². The number of rotatable bonds is 6. The molecule has 0 radical (unpaired) electrons. The Bertz CT molecular complexity index is 511. The summed E-state index contributed by atoms with van der Waals surface area (Å²) >= 11 is 0.553. The van der Waals surface area contributed by atoms with Crippen molar-refractivity contribution in [2.75, 3.05) is 5.32 Å². The predicted molar refractivity (Wildman–Crippen MR) is 73.5 cm³/mol. The van der Waals surface area contributed by atoms with Gasteiger partial charge in [-0.05, 0) is 31.2 Å². The van der Waals surface area contributed by atoms with Crippen molar-refractivity contribution in [2.24, 2.45) is 0 Å². The lowest BCUT2D eigenvalue weighted by Gasteiger charge is -2.06. The van der Waals surface area contributed by atoms with Crippen LogP contribution in [0, 0.1) is 0 Å². The molecule has 0 saturated heterocycles. The molecule has 19 heavy (non-hydrogen) atoms. The van der Waals surface area contributed by atoms with E-state index in [4.69, 9.17) is 0 Å². The number of aromatic nitrogens is 2. The van der Waals surface area contributed by atoms with E-state index in [0.29, 0.717) is 23.2 Å². The minimum atomic E-state index is -2.38. The zero-order chi connectivity index (χ0) is 13.7. The highest BCUT2D eigenvalue weighted by molar-refractivity contribution is 7.99. The molecule has 2 rings (SSSR count). The van der Waals surface area contributed by atoms with Gasteiger partial charge >= 0.3 is 0 Å². The van der Waals surface area contributed by atoms with Crippen LogP contribution in [-0.4, -0.2) is 15.5 Å². The van der Waals surface area contributed by atoms with Crippen LogP contribution in [0.3, 0.4) is 0 Å². The van der Waals surface area contributed by atoms with Crippen LogP contribution in [-0.2, 0) is 13.1 Å². The van der Waals surface area contributed by atoms with Crippen molar-refractivity contribution < 1.29 is 8.78 Å². The standard InChI is InChI=1S/C13H15F2N3S/c1-2-18-9-10(8-17-18)7-16-11-3-5-12(6-4-11)19-13(14)15/h3-6,8-9,13,16H,2,7H2,1H3. The molecular weight excluding hydrogens is 268 g/mol. The number of hydrogen-bond acceptors (Lipinski definition) is 3. The van der Waals surface area contributed by atoms with Crippen LogP contribution in [0.5, 0.6) is 0 Å². The first-order valence-corrected chi connectivity index (χ1v) is 6.85. The molecule has 0 aliphatic heterocycles. The van der Waals surface area contributed by atoms with E-state index in [1.54, 1.807) is 24.3 Å². The fourth-order valence-electron chi connectivity index (χ4n) is 1.63. The summed E-state index contributed by atoms with van der Waals surface area (Å²) in [6.45, 7) is 3.55. The van der Waals surface area contributed by atoms with Gasteiger partial charge in [-0.1, -0.05) is 11.8 Å². The second kappa shape index (κ2) is 6.56. The number of benzene rings is 1. The van der Waals surface area contributed by atoms with Crippen LogP contribution < -0.4 is 5.32 Å². The monoisotopic (exact) mass is 283 g/mol. The van der Waals surface area contributed by atoms with Gasteiger partial charge in [0.1, 0.15) is 0 Å². The van der Waals surface area contributed by atoms with Gasteiger partial charge in [-0.15, -0.1) is 0 Å². The molecule has 1 aromatic heterocycles. The average Bonchev–Trinajstić information content (AvgIpc) is 2.85. The highest BCUT2D eigenvalue weighted by Crippen LogP contribution is 2.26. The van der Waals surface area contributed by atoms with Crippen molar-refractivity contribution in [1.29, 1.82) is 0 Å². The van der Waals surface area contributed by atoms with Gasteiger partial charge in [0, 0.05) is 35.4 Å². The second-order valence-electron chi connectivity index (χ2n) is 3.96. The maximum atomic E-state index is 12.2. The molecule has 1 N–H and O–H groups in total. The van der Waals surface area contributed by atoms with E-state index in [2.05, 4.69) is 10.4 Å². The highest BCUT2D eigenvalue weighted by Gasteiger charge is 2.04. The Morgan fingerprint density at radius 1 is 1.32 bits per heavy atom. The van der Waals surface area contributed by atoms with Crippen molar-refractivity contribution in [3.8, 4) is 0 Å². The lowest BCUT2D eigenvalue weighted by Crippen LogP contribution is -1.98. The number of aryl methyl sites for hydroxylation is 1. The van der Waals surface area contributed by atoms with Crippen molar-refractivity contribution in [2.45, 2.75) is 30.7 Å². The number of thioether (sulfide) groups is 1.